The monoisotopic (exact) mass is 451 g/mol. The summed E-state index contributed by atoms with van der Waals surface area (Å²) >= 11 is 5.93. The molecule has 0 radical (unpaired) electrons. The first kappa shape index (κ1) is 20.9. The maximum atomic E-state index is 14.3. The molecule has 0 saturated carbocycles. The number of ether oxygens (including phenoxy) is 1. The lowest BCUT2D eigenvalue weighted by Crippen LogP contribution is -2.19. The lowest BCUT2D eigenvalue weighted by molar-refractivity contribution is 0.221. The number of phenolic OH excluding ortho intramolecular Hbond substituents is 1. The van der Waals surface area contributed by atoms with Crippen LogP contribution in [0.15, 0.2) is 48.8 Å². The van der Waals surface area contributed by atoms with Gasteiger partial charge in [0.1, 0.15) is 17.7 Å². The molecule has 2 aliphatic rings. The second kappa shape index (κ2) is 8.88. The maximum Gasteiger partial charge on any atom is 0.160 e. The van der Waals surface area contributed by atoms with Gasteiger partial charge in [0.15, 0.2) is 11.6 Å². The summed E-state index contributed by atoms with van der Waals surface area (Å²) in [4.78, 5) is 9.25. The lowest BCUT2D eigenvalue weighted by Gasteiger charge is -2.16. The van der Waals surface area contributed by atoms with E-state index in [1.165, 1.54) is 6.07 Å². The van der Waals surface area contributed by atoms with E-state index >= 15 is 0 Å². The molecule has 164 valence electrons. The third-order valence-electron chi connectivity index (χ3n) is 5.97. The molecule has 0 spiro atoms. The molecule has 1 aromatic heterocycles. The van der Waals surface area contributed by atoms with Gasteiger partial charge in [-0.25, -0.2) is 14.4 Å². The van der Waals surface area contributed by atoms with Crippen molar-refractivity contribution < 1.29 is 14.2 Å². The van der Waals surface area contributed by atoms with E-state index in [1.54, 1.807) is 30.6 Å². The van der Waals surface area contributed by atoms with Crippen molar-refractivity contribution in [2.45, 2.75) is 31.8 Å². The average Bonchev–Trinajstić information content (AvgIpc) is 3.23. The second-order valence-electron chi connectivity index (χ2n) is 8.15. The third kappa shape index (κ3) is 4.20. The van der Waals surface area contributed by atoms with Crippen LogP contribution in [0.5, 0.6) is 11.5 Å². The molecule has 1 saturated heterocycles. The Hall–Kier alpha value is -2.96. The van der Waals surface area contributed by atoms with Crippen LogP contribution in [0, 0.1) is 5.82 Å². The number of nitrogens with zero attached hydrogens (tertiary/aromatic N) is 2. The highest BCUT2D eigenvalue weighted by molar-refractivity contribution is 6.30. The Kier molecular flexibility index (Phi) is 5.81. The van der Waals surface area contributed by atoms with Crippen molar-refractivity contribution in [2.24, 2.45) is 0 Å². The van der Waals surface area contributed by atoms with E-state index in [-0.39, 0.29) is 16.9 Å². The van der Waals surface area contributed by atoms with Gasteiger partial charge in [-0.15, -0.1) is 0 Å². The van der Waals surface area contributed by atoms with Crippen molar-refractivity contribution in [3.63, 3.8) is 0 Å². The van der Waals surface area contributed by atoms with Gasteiger partial charge in [-0.2, -0.15) is 0 Å². The van der Waals surface area contributed by atoms with E-state index in [0.717, 1.165) is 66.6 Å². The fourth-order valence-corrected chi connectivity index (χ4v) is 4.55. The minimum absolute atomic E-state index is 0.0917. The zero-order valence-corrected chi connectivity index (χ0v) is 18.2. The molecule has 1 aliphatic heterocycles. The standard InChI is InChI=1S/C25H23ClFN3O2/c26-22-7-4-16(11-23(22)27)20-3-1-2-15-10-17(31)5-6-21(15)24(20)25-29-13-19(14-30-25)32-18-8-9-28-12-18/h4-7,10-11,13-14,18,28,31H,1-3,8-9,12H2. The first-order valence-corrected chi connectivity index (χ1v) is 11.2. The summed E-state index contributed by atoms with van der Waals surface area (Å²) in [5, 5.41) is 13.4. The Balaban J connectivity index is 1.62. The second-order valence-corrected chi connectivity index (χ2v) is 8.56. The Labute approximate surface area is 190 Å². The van der Waals surface area contributed by atoms with Crippen LogP contribution in [-0.4, -0.2) is 34.3 Å². The number of phenols is 1. The normalized spacial score (nSPS) is 18.4. The van der Waals surface area contributed by atoms with E-state index in [2.05, 4.69) is 15.3 Å². The molecule has 5 rings (SSSR count). The quantitative estimate of drug-likeness (QED) is 0.583. The van der Waals surface area contributed by atoms with Gasteiger partial charge in [-0.3, -0.25) is 0 Å². The molecule has 1 atom stereocenters. The molecule has 0 bridgehead atoms. The summed E-state index contributed by atoms with van der Waals surface area (Å²) in [5.74, 6) is 0.933. The SMILES string of the molecule is Oc1ccc2c(c1)CCCC(c1ccc(Cl)c(F)c1)=C2c1ncc(OC2CCNC2)cn1. The minimum atomic E-state index is -0.457. The molecule has 7 heteroatoms. The van der Waals surface area contributed by atoms with Gasteiger partial charge in [0.05, 0.1) is 17.4 Å². The largest absolute Gasteiger partial charge is 0.508 e. The van der Waals surface area contributed by atoms with Crippen molar-refractivity contribution >= 4 is 22.7 Å². The molecule has 2 heterocycles. The van der Waals surface area contributed by atoms with E-state index in [9.17, 15) is 9.50 Å². The Morgan fingerprint density at radius 2 is 1.94 bits per heavy atom. The third-order valence-corrected chi connectivity index (χ3v) is 6.28. The van der Waals surface area contributed by atoms with Crippen molar-refractivity contribution in [3.05, 3.63) is 82.1 Å². The van der Waals surface area contributed by atoms with Crippen molar-refractivity contribution in [1.82, 2.24) is 15.3 Å². The molecule has 32 heavy (non-hydrogen) atoms. The smallest absolute Gasteiger partial charge is 0.160 e. The first-order chi connectivity index (χ1) is 15.6. The predicted molar refractivity (Wildman–Crippen MR) is 122 cm³/mol. The van der Waals surface area contributed by atoms with Crippen LogP contribution in [0.1, 0.15) is 41.8 Å². The topological polar surface area (TPSA) is 67.3 Å². The summed E-state index contributed by atoms with van der Waals surface area (Å²) in [5.41, 5.74) is 4.51. The molecular formula is C25H23ClFN3O2. The van der Waals surface area contributed by atoms with Gasteiger partial charge in [0.25, 0.3) is 0 Å². The molecule has 0 amide bonds. The van der Waals surface area contributed by atoms with Crippen LogP contribution in [-0.2, 0) is 6.42 Å². The number of aryl methyl sites for hydroxylation is 1. The Morgan fingerprint density at radius 1 is 1.09 bits per heavy atom. The fourth-order valence-electron chi connectivity index (χ4n) is 4.43. The van der Waals surface area contributed by atoms with Crippen LogP contribution in [0.25, 0.3) is 11.1 Å². The number of hydrogen-bond acceptors (Lipinski definition) is 5. The lowest BCUT2D eigenvalue weighted by atomic mass is 9.92. The molecule has 3 aromatic rings. The molecule has 5 nitrogen and oxygen atoms in total. The average molecular weight is 452 g/mol. The van der Waals surface area contributed by atoms with Crippen molar-refractivity contribution in [2.75, 3.05) is 13.1 Å². The Bertz CT molecular complexity index is 1170. The van der Waals surface area contributed by atoms with Gasteiger partial charge in [-0.1, -0.05) is 23.7 Å². The highest BCUT2D eigenvalue weighted by Gasteiger charge is 2.23. The summed E-state index contributed by atoms with van der Waals surface area (Å²) in [7, 11) is 0. The van der Waals surface area contributed by atoms with E-state index in [4.69, 9.17) is 16.3 Å². The number of benzene rings is 2. The zero-order valence-electron chi connectivity index (χ0n) is 17.4. The number of fused-ring (bicyclic) bond motifs is 1. The van der Waals surface area contributed by atoms with Crippen molar-refractivity contribution in [1.29, 1.82) is 0 Å². The molecule has 2 aromatic carbocycles. The number of allylic oxidation sites excluding steroid dienone is 1. The highest BCUT2D eigenvalue weighted by atomic mass is 35.5. The van der Waals surface area contributed by atoms with Crippen LogP contribution in [0.3, 0.4) is 0 Å². The van der Waals surface area contributed by atoms with Gasteiger partial charge >= 0.3 is 0 Å². The highest BCUT2D eigenvalue weighted by Crippen LogP contribution is 2.40. The molecule has 2 N–H and O–H groups in total. The summed E-state index contributed by atoms with van der Waals surface area (Å²) in [6.45, 7) is 1.76. The molecule has 1 aliphatic carbocycles. The Morgan fingerprint density at radius 3 is 2.69 bits per heavy atom. The summed E-state index contributed by atoms with van der Waals surface area (Å²) in [6, 6.07) is 10.2. The van der Waals surface area contributed by atoms with Crippen LogP contribution < -0.4 is 10.1 Å². The zero-order chi connectivity index (χ0) is 22.1. The number of halogens is 2. The van der Waals surface area contributed by atoms with Gasteiger partial charge in [-0.05, 0) is 78.8 Å². The van der Waals surface area contributed by atoms with Gasteiger partial charge in [0.2, 0.25) is 0 Å². The predicted octanol–water partition coefficient (Wildman–Crippen LogP) is 5.01. The van der Waals surface area contributed by atoms with Gasteiger partial charge in [0, 0.05) is 12.1 Å². The van der Waals surface area contributed by atoms with Crippen LogP contribution in [0.2, 0.25) is 5.02 Å². The minimum Gasteiger partial charge on any atom is -0.508 e. The maximum absolute atomic E-state index is 14.3. The number of aromatic hydroxyl groups is 1. The first-order valence-electron chi connectivity index (χ1n) is 10.8. The van der Waals surface area contributed by atoms with E-state index in [0.29, 0.717) is 11.6 Å². The molecular weight excluding hydrogens is 429 g/mol. The number of hydrogen-bond donors (Lipinski definition) is 2. The number of aromatic nitrogens is 2. The fraction of sp³-hybridized carbons (Fsp3) is 0.280. The van der Waals surface area contributed by atoms with Crippen LogP contribution in [0.4, 0.5) is 4.39 Å². The number of rotatable bonds is 4. The number of nitrogens with one attached hydrogen (secondary N) is 1. The van der Waals surface area contributed by atoms with Crippen LogP contribution >= 0.6 is 11.6 Å². The van der Waals surface area contributed by atoms with E-state index < -0.39 is 5.82 Å². The molecule has 1 unspecified atom stereocenters. The van der Waals surface area contributed by atoms with E-state index in [1.807, 2.05) is 12.1 Å². The molecule has 1 fully saturated rings. The van der Waals surface area contributed by atoms with Crippen molar-refractivity contribution in [3.8, 4) is 11.5 Å². The summed E-state index contributed by atoms with van der Waals surface area (Å²) < 4.78 is 20.3. The summed E-state index contributed by atoms with van der Waals surface area (Å²) in [6.07, 6.45) is 6.84. The van der Waals surface area contributed by atoms with Gasteiger partial charge < -0.3 is 15.2 Å².